The van der Waals surface area contributed by atoms with Crippen molar-refractivity contribution in [1.29, 1.82) is 0 Å². The second kappa shape index (κ2) is 40.1. The highest BCUT2D eigenvalue weighted by atomic mass is 16.7. The molecule has 25 atom stereocenters. The molecule has 0 aliphatic carbocycles. The number of methoxy groups -OCH3 is 1. The second-order valence-electron chi connectivity index (χ2n) is 25.4. The number of rotatable bonds is 30. The third-order valence-electron chi connectivity index (χ3n) is 16.7. The predicted octanol–water partition coefficient (Wildman–Crippen LogP) is 1.09. The summed E-state index contributed by atoms with van der Waals surface area (Å²) in [7, 11) is 1.19. The highest BCUT2D eigenvalue weighted by Crippen LogP contribution is 2.42. The van der Waals surface area contributed by atoms with Crippen LogP contribution in [-0.4, -0.2) is 262 Å². The number of ether oxygens (including phenoxy) is 22. The molecule has 105 heavy (non-hydrogen) atoms. The van der Waals surface area contributed by atoms with Crippen molar-refractivity contribution >= 4 is 95.5 Å². The largest absolute Gasteiger partial charge is 0.463 e. The van der Waals surface area contributed by atoms with Crippen LogP contribution in [0.4, 0.5) is 0 Å². The van der Waals surface area contributed by atoms with Crippen LogP contribution in [0.25, 0.3) is 0 Å². The standard InChI is InChI=1S/C67H94O38/c1-27(68)85-26-51-60(94-36(10)77)64(98-40(14)81)58(92-34(8)75)49(104-51)23-22-47-56(90-32(6)73)62(96-38(12)79)54(88-30(4)71)45(102-47)19-18-43-52(86-28(2)69)61(95-37(11)78)53(87-29(3)70)44(101-43)20-21-46-55(89-31(5)72)63(97-39(13)80)57(91-33(7)74)48(103-46)24-25-50-59(93-35(9)76)65(99-41(15)82)66(100-42(16)83)67(84-17)105-50/h43-67H,18-26H2,1-17H3/t43-,44+,45+,46-,47-,48+,49+,50-,51-,52-,53+,54+,55-,56-,57+,58+,59-,60-,61+,62-,63+,64-,65+,66-,67+/m1/s1. The van der Waals surface area contributed by atoms with E-state index in [0.29, 0.717) is 0 Å². The highest BCUT2D eigenvalue weighted by molar-refractivity contribution is 5.73. The Morgan fingerprint density at radius 1 is 0.190 bits per heavy atom. The van der Waals surface area contributed by atoms with E-state index in [4.69, 9.17) is 104 Å². The van der Waals surface area contributed by atoms with E-state index < -0.39 is 261 Å². The first kappa shape index (κ1) is 86.9. The van der Waals surface area contributed by atoms with E-state index >= 15 is 0 Å². The van der Waals surface area contributed by atoms with Gasteiger partial charge in [0.25, 0.3) is 0 Å². The lowest BCUT2D eigenvalue weighted by molar-refractivity contribution is -0.301. The molecule has 5 saturated heterocycles. The zero-order valence-electron chi connectivity index (χ0n) is 61.3. The summed E-state index contributed by atoms with van der Waals surface area (Å²) in [6.45, 7) is 15.8. The molecular formula is C67H94O38. The summed E-state index contributed by atoms with van der Waals surface area (Å²) in [5.74, 6) is -14.9. The van der Waals surface area contributed by atoms with E-state index in [9.17, 15) is 76.7 Å². The number of carbonyl (C=O) groups is 16. The monoisotopic (exact) mass is 1510 g/mol. The smallest absolute Gasteiger partial charge is 0.303 e. The molecule has 38 nitrogen and oxygen atoms in total. The Labute approximate surface area is 603 Å². The van der Waals surface area contributed by atoms with Crippen LogP contribution in [0.2, 0.25) is 0 Å². The molecule has 0 bridgehead atoms. The molecule has 5 aliphatic rings. The van der Waals surface area contributed by atoms with Crippen molar-refractivity contribution in [2.24, 2.45) is 0 Å². The lowest BCUT2D eigenvalue weighted by Gasteiger charge is -2.48. The molecule has 0 N–H and O–H groups in total. The van der Waals surface area contributed by atoms with Crippen LogP contribution < -0.4 is 0 Å². The Morgan fingerprint density at radius 2 is 0.333 bits per heavy atom. The van der Waals surface area contributed by atoms with Gasteiger partial charge in [-0.25, -0.2) is 0 Å². The quantitative estimate of drug-likeness (QED) is 0.0717. The molecule has 5 heterocycles. The maximum Gasteiger partial charge on any atom is 0.303 e. The molecule has 0 amide bonds. The van der Waals surface area contributed by atoms with E-state index in [0.717, 1.165) is 111 Å². The highest BCUT2D eigenvalue weighted by Gasteiger charge is 2.59. The van der Waals surface area contributed by atoms with Crippen LogP contribution >= 0.6 is 0 Å². The molecule has 0 saturated carbocycles. The Kier molecular flexibility index (Phi) is 33.2. The summed E-state index contributed by atoms with van der Waals surface area (Å²) in [4.78, 5) is 206. The van der Waals surface area contributed by atoms with Gasteiger partial charge < -0.3 is 104 Å². The van der Waals surface area contributed by atoms with Gasteiger partial charge in [0.15, 0.2) is 97.8 Å². The van der Waals surface area contributed by atoms with Gasteiger partial charge in [0.05, 0.1) is 42.7 Å². The molecule has 0 radical (unpaired) electrons. The van der Waals surface area contributed by atoms with Gasteiger partial charge in [-0.15, -0.1) is 0 Å². The SMILES string of the molecule is CO[C@H]1O[C@H](CC[C@@H]2O[C@H](CC[C@@H]3O[C@H](CC[C@@H]4O[C@H](CC[C@@H]5O[C@H](COC(C)=O)[C@@H](OC(C)=O)[C@H](OC(C)=O)[C@H]5OC(C)=O)[C@@H](OC(C)=O)[C@H](OC(C)=O)[C@H]4OC(C)=O)[C@@H](OC(C)=O)[C@H](OC(C)=O)[C@H]3OC(C)=O)[C@@H](OC(C)=O)[C@H](OC(C)=O)[C@H]2OC(C)=O)[C@@H](OC(C)=O)[C@H](OC(C)=O)[C@H]1OC(C)=O. The first-order chi connectivity index (χ1) is 49.2. The van der Waals surface area contributed by atoms with Crippen molar-refractivity contribution in [3.05, 3.63) is 0 Å². The predicted molar refractivity (Wildman–Crippen MR) is 337 cm³/mol. The van der Waals surface area contributed by atoms with Gasteiger partial charge in [-0.2, -0.15) is 0 Å². The molecular weight excluding hydrogens is 1410 g/mol. The van der Waals surface area contributed by atoms with Crippen molar-refractivity contribution in [1.82, 2.24) is 0 Å². The third kappa shape index (κ3) is 26.1. The van der Waals surface area contributed by atoms with Gasteiger partial charge in [-0.3, -0.25) is 76.7 Å². The fourth-order valence-corrected chi connectivity index (χ4v) is 13.5. The summed E-state index contributed by atoms with van der Waals surface area (Å²) in [6.07, 6.45) is -41.5. The second-order valence-corrected chi connectivity index (χ2v) is 25.4. The number of esters is 16. The average Bonchev–Trinajstić information content (AvgIpc) is 0.787. The van der Waals surface area contributed by atoms with Gasteiger partial charge in [0.2, 0.25) is 0 Å². The van der Waals surface area contributed by atoms with Gasteiger partial charge in [-0.05, 0) is 51.4 Å². The van der Waals surface area contributed by atoms with Crippen molar-refractivity contribution < 1.29 is 181 Å². The van der Waals surface area contributed by atoms with Gasteiger partial charge >= 0.3 is 95.5 Å². The third-order valence-corrected chi connectivity index (χ3v) is 16.7. The number of hydrogen-bond acceptors (Lipinski definition) is 38. The first-order valence-corrected chi connectivity index (χ1v) is 33.7. The van der Waals surface area contributed by atoms with E-state index in [1.807, 2.05) is 0 Å². The molecule has 590 valence electrons. The molecule has 5 aliphatic heterocycles. The van der Waals surface area contributed by atoms with Crippen molar-refractivity contribution in [3.63, 3.8) is 0 Å². The summed E-state index contributed by atoms with van der Waals surface area (Å²) in [6, 6.07) is 0. The van der Waals surface area contributed by atoms with E-state index in [1.54, 1.807) is 0 Å². The topological polar surface area (TPSA) is 476 Å². The number of hydrogen-bond donors (Lipinski definition) is 0. The van der Waals surface area contributed by atoms with Crippen LogP contribution in [0, 0.1) is 0 Å². The zero-order valence-corrected chi connectivity index (χ0v) is 61.3. The first-order valence-electron chi connectivity index (χ1n) is 33.7. The molecule has 0 spiro atoms. The molecule has 0 aromatic heterocycles. The van der Waals surface area contributed by atoms with Crippen LogP contribution in [0.1, 0.15) is 162 Å². The minimum atomic E-state index is -1.74. The molecule has 0 aromatic rings. The average molecular weight is 1510 g/mol. The lowest BCUT2D eigenvalue weighted by Crippen LogP contribution is -2.64. The molecule has 5 rings (SSSR count). The van der Waals surface area contributed by atoms with E-state index in [-0.39, 0.29) is 44.9 Å². The summed E-state index contributed by atoms with van der Waals surface area (Å²) in [5, 5.41) is 0. The lowest BCUT2D eigenvalue weighted by atomic mass is 9.84. The number of carbonyl (C=O) groups excluding carboxylic acids is 16. The van der Waals surface area contributed by atoms with E-state index in [1.165, 1.54) is 7.11 Å². The van der Waals surface area contributed by atoms with Crippen LogP contribution in [0.5, 0.6) is 0 Å². The molecule has 0 aromatic carbocycles. The maximum atomic E-state index is 13.3. The Balaban J connectivity index is 1.63. The Bertz CT molecular complexity index is 3130. The Morgan fingerprint density at radius 3 is 0.505 bits per heavy atom. The van der Waals surface area contributed by atoms with E-state index in [2.05, 4.69) is 0 Å². The molecule has 0 unspecified atom stereocenters. The molecule has 38 heteroatoms. The van der Waals surface area contributed by atoms with Crippen molar-refractivity contribution in [2.45, 2.75) is 315 Å². The van der Waals surface area contributed by atoms with Crippen LogP contribution in [0.3, 0.4) is 0 Å². The summed E-state index contributed by atoms with van der Waals surface area (Å²) in [5.41, 5.74) is 0. The summed E-state index contributed by atoms with van der Waals surface area (Å²) >= 11 is 0. The van der Waals surface area contributed by atoms with Crippen molar-refractivity contribution in [2.75, 3.05) is 13.7 Å². The van der Waals surface area contributed by atoms with Gasteiger partial charge in [0, 0.05) is 118 Å². The fraction of sp³-hybridized carbons (Fsp3) is 0.761. The minimum absolute atomic E-state index is 0.274. The normalized spacial score (nSPS) is 32.8. The van der Waals surface area contributed by atoms with Gasteiger partial charge in [0.1, 0.15) is 18.8 Å². The summed E-state index contributed by atoms with van der Waals surface area (Å²) < 4.78 is 130. The minimum Gasteiger partial charge on any atom is -0.463 e. The molecule has 5 fully saturated rings. The zero-order chi connectivity index (χ0) is 78.6. The van der Waals surface area contributed by atoms with Gasteiger partial charge in [-0.1, -0.05) is 0 Å². The maximum absolute atomic E-state index is 13.3. The van der Waals surface area contributed by atoms with Crippen LogP contribution in [0.15, 0.2) is 0 Å². The van der Waals surface area contributed by atoms with Crippen molar-refractivity contribution in [3.8, 4) is 0 Å². The Hall–Kier alpha value is -8.72. The fourth-order valence-electron chi connectivity index (χ4n) is 13.5. The van der Waals surface area contributed by atoms with Crippen LogP contribution in [-0.2, 0) is 181 Å².